The Bertz CT molecular complexity index is 3580. The Balaban J connectivity index is 0.949. The van der Waals surface area contributed by atoms with E-state index < -0.39 is 0 Å². The van der Waals surface area contributed by atoms with Gasteiger partial charge in [-0.25, -0.2) is 4.98 Å². The predicted octanol–water partition coefficient (Wildman–Crippen LogP) is 14.8. The van der Waals surface area contributed by atoms with Crippen molar-refractivity contribution >= 4 is 49.9 Å². The molecule has 12 rings (SSSR count). The molecule has 0 aliphatic rings. The lowest BCUT2D eigenvalue weighted by molar-refractivity contribution is -0.571. The fourth-order valence-electron chi connectivity index (χ4n) is 9.26. The van der Waals surface area contributed by atoms with E-state index in [0.717, 1.165) is 95.1 Å². The van der Waals surface area contributed by atoms with Crippen molar-refractivity contribution in [3.63, 3.8) is 0 Å². The maximum absolute atomic E-state index is 6.79. The largest absolute Gasteiger partial charge is 0.458 e. The monoisotopic (exact) mass is 847 g/mol. The van der Waals surface area contributed by atoms with Crippen LogP contribution in [0.25, 0.3) is 72.3 Å². The summed E-state index contributed by atoms with van der Waals surface area (Å²) in [6.45, 7) is 0. The summed E-state index contributed by atoms with van der Waals surface area (Å²) in [5.74, 6) is 2.24. The van der Waals surface area contributed by atoms with Crippen LogP contribution >= 0.6 is 0 Å². The van der Waals surface area contributed by atoms with Gasteiger partial charge in [-0.15, -0.1) is 0 Å². The van der Waals surface area contributed by atoms with Gasteiger partial charge in [0.15, 0.2) is 0 Å². The lowest BCUT2D eigenvalue weighted by Gasteiger charge is -2.25. The number of nitrogens with zero attached hydrogens (tertiary/aromatic N) is 5. The van der Waals surface area contributed by atoms with Gasteiger partial charge in [-0.05, 0) is 89.0 Å². The normalized spacial score (nSPS) is 11.3. The predicted molar refractivity (Wildman–Crippen MR) is 268 cm³/mol. The van der Waals surface area contributed by atoms with E-state index in [-0.39, 0.29) is 0 Å². The summed E-state index contributed by atoms with van der Waals surface area (Å²) in [7, 11) is 0. The maximum atomic E-state index is 6.79. The number of hydrogen-bond donors (Lipinski definition) is 0. The van der Waals surface area contributed by atoms with E-state index in [4.69, 9.17) is 9.72 Å². The molecule has 0 aliphatic carbocycles. The number of ether oxygens (including phenoxy) is 1. The van der Waals surface area contributed by atoms with Crippen LogP contribution in [0.5, 0.6) is 11.5 Å². The second-order valence-corrected chi connectivity index (χ2v) is 16.2. The summed E-state index contributed by atoms with van der Waals surface area (Å²) in [6.07, 6.45) is 5.69. The molecule has 3 aromatic heterocycles. The average Bonchev–Trinajstić information content (AvgIpc) is 3.94. The van der Waals surface area contributed by atoms with Gasteiger partial charge < -0.3 is 9.64 Å². The van der Waals surface area contributed by atoms with Gasteiger partial charge in [0.05, 0.1) is 39.1 Å². The first-order chi connectivity index (χ1) is 32.7. The van der Waals surface area contributed by atoms with Gasteiger partial charge in [0.2, 0.25) is 0 Å². The molecule has 66 heavy (non-hydrogen) atoms. The van der Waals surface area contributed by atoms with Crippen LogP contribution in [0.15, 0.2) is 249 Å². The molecule has 6 nitrogen and oxygen atoms in total. The highest BCUT2D eigenvalue weighted by molar-refractivity contribution is 6.09. The third-order valence-corrected chi connectivity index (χ3v) is 12.2. The van der Waals surface area contributed by atoms with Crippen LogP contribution in [-0.4, -0.2) is 14.1 Å². The van der Waals surface area contributed by atoms with Gasteiger partial charge in [-0.2, -0.15) is 0 Å². The lowest BCUT2D eigenvalue weighted by atomic mass is 9.95. The summed E-state index contributed by atoms with van der Waals surface area (Å²) >= 11 is 0. The van der Waals surface area contributed by atoms with Crippen molar-refractivity contribution in [2.24, 2.45) is 0 Å². The molecule has 0 atom stereocenters. The van der Waals surface area contributed by atoms with E-state index in [2.05, 4.69) is 243 Å². The molecule has 0 aliphatic heterocycles. The van der Waals surface area contributed by atoms with Crippen LogP contribution in [0.3, 0.4) is 0 Å². The highest BCUT2D eigenvalue weighted by Gasteiger charge is 2.21. The SMILES string of the molecule is [c-]1n(-c2cccc(Oc3ccc4c5ccccc5n(-c5cc(N(c6ccccc6)c6ccccc6)ccn5)c4c3)c2)c2ccccc2[n+]1-c1c(-c2ccccc2)cccc1-c1ccccc1. The molecule has 312 valence electrons. The van der Waals surface area contributed by atoms with Crippen molar-refractivity contribution in [2.45, 2.75) is 0 Å². The number of imidazole rings is 1. The minimum atomic E-state index is 0.711. The van der Waals surface area contributed by atoms with Crippen molar-refractivity contribution in [1.82, 2.24) is 14.1 Å². The first kappa shape index (κ1) is 38.7. The molecule has 0 saturated heterocycles. The van der Waals surface area contributed by atoms with E-state index in [1.165, 1.54) is 0 Å². The Morgan fingerprint density at radius 1 is 0.439 bits per heavy atom. The maximum Gasteiger partial charge on any atom is 0.269 e. The van der Waals surface area contributed by atoms with E-state index in [0.29, 0.717) is 5.75 Å². The highest BCUT2D eigenvalue weighted by atomic mass is 16.5. The minimum absolute atomic E-state index is 0.711. The van der Waals surface area contributed by atoms with Crippen molar-refractivity contribution in [3.05, 3.63) is 255 Å². The van der Waals surface area contributed by atoms with Gasteiger partial charge in [0.1, 0.15) is 17.3 Å². The van der Waals surface area contributed by atoms with Crippen LogP contribution in [-0.2, 0) is 0 Å². The minimum Gasteiger partial charge on any atom is -0.458 e. The second-order valence-electron chi connectivity index (χ2n) is 16.2. The molecular formula is C60H41N5O. The van der Waals surface area contributed by atoms with E-state index >= 15 is 0 Å². The zero-order valence-corrected chi connectivity index (χ0v) is 35.8. The number of para-hydroxylation sites is 6. The van der Waals surface area contributed by atoms with E-state index in [9.17, 15) is 0 Å². The smallest absolute Gasteiger partial charge is 0.269 e. The number of hydrogen-bond acceptors (Lipinski definition) is 3. The quantitative estimate of drug-likeness (QED) is 0.102. The standard InChI is InChI=1S/C60H41N5O/c1-5-19-43(20-6-1)51-30-18-31-52(44-21-7-2-8-22-44)60(51)63-42-62(56-33-15-16-34-57(56)63)47-27-17-28-49(39-47)66-50-35-36-54-53-29-13-14-32-55(53)65(58(54)41-50)59-40-48(37-38-61-59)64(45-23-9-3-10-24-45)46-25-11-4-12-26-46/h1-41H. The molecule has 0 spiro atoms. The zero-order chi connectivity index (χ0) is 43.8. The van der Waals surface area contributed by atoms with Gasteiger partial charge >= 0.3 is 0 Å². The topological polar surface area (TPSA) is 39.1 Å². The molecule has 6 heteroatoms. The first-order valence-electron chi connectivity index (χ1n) is 22.1. The number of fused-ring (bicyclic) bond motifs is 4. The molecule has 0 bridgehead atoms. The number of benzene rings is 9. The van der Waals surface area contributed by atoms with Gasteiger partial charge in [0, 0.05) is 40.5 Å². The van der Waals surface area contributed by atoms with Crippen molar-refractivity contribution in [3.8, 4) is 50.9 Å². The summed E-state index contributed by atoms with van der Waals surface area (Å²) < 4.78 is 13.4. The molecule has 9 aromatic carbocycles. The Hall–Kier alpha value is -9.00. The molecule has 0 radical (unpaired) electrons. The number of aromatic nitrogens is 4. The Morgan fingerprint density at radius 3 is 1.71 bits per heavy atom. The molecule has 3 heterocycles. The molecule has 12 aromatic rings. The van der Waals surface area contributed by atoms with Crippen molar-refractivity contribution < 1.29 is 9.30 Å². The summed E-state index contributed by atoms with van der Waals surface area (Å²) in [4.78, 5) is 7.25. The summed E-state index contributed by atoms with van der Waals surface area (Å²) in [5.41, 5.74) is 13.8. The Kier molecular flexibility index (Phi) is 9.73. The third-order valence-electron chi connectivity index (χ3n) is 12.2. The fourth-order valence-corrected chi connectivity index (χ4v) is 9.26. The zero-order valence-electron chi connectivity index (χ0n) is 35.8. The molecular weight excluding hydrogens is 807 g/mol. The van der Waals surface area contributed by atoms with Crippen LogP contribution in [0.2, 0.25) is 0 Å². The lowest BCUT2D eigenvalue weighted by Crippen LogP contribution is -2.31. The van der Waals surface area contributed by atoms with Gasteiger partial charge in [-0.3, -0.25) is 13.7 Å². The van der Waals surface area contributed by atoms with Gasteiger partial charge in [-0.1, -0.05) is 164 Å². The molecule has 0 unspecified atom stereocenters. The average molecular weight is 848 g/mol. The first-order valence-corrected chi connectivity index (χ1v) is 22.1. The number of rotatable bonds is 10. The Morgan fingerprint density at radius 2 is 1.02 bits per heavy atom. The third kappa shape index (κ3) is 6.94. The van der Waals surface area contributed by atoms with E-state index in [1.54, 1.807) is 0 Å². The molecule has 0 amide bonds. The van der Waals surface area contributed by atoms with Crippen LogP contribution in [0, 0.1) is 6.33 Å². The van der Waals surface area contributed by atoms with Crippen molar-refractivity contribution in [1.29, 1.82) is 0 Å². The molecule has 0 saturated carbocycles. The van der Waals surface area contributed by atoms with Gasteiger partial charge in [0.25, 0.3) is 6.33 Å². The van der Waals surface area contributed by atoms with E-state index in [1.807, 2.05) is 30.5 Å². The van der Waals surface area contributed by atoms with Crippen LogP contribution in [0.4, 0.5) is 17.1 Å². The summed E-state index contributed by atoms with van der Waals surface area (Å²) in [5, 5.41) is 2.26. The fraction of sp³-hybridized carbons (Fsp3) is 0. The van der Waals surface area contributed by atoms with Crippen LogP contribution in [0.1, 0.15) is 0 Å². The molecule has 0 N–H and O–H groups in total. The summed E-state index contributed by atoms with van der Waals surface area (Å²) in [6, 6.07) is 84.4. The molecule has 0 fully saturated rings. The highest BCUT2D eigenvalue weighted by Crippen LogP contribution is 2.39. The van der Waals surface area contributed by atoms with Crippen LogP contribution < -0.4 is 14.2 Å². The number of pyridine rings is 1. The van der Waals surface area contributed by atoms with Crippen molar-refractivity contribution in [2.75, 3.05) is 4.90 Å². The Labute approximate surface area is 382 Å². The second kappa shape index (κ2) is 16.6. The number of anilines is 3.